The van der Waals surface area contributed by atoms with Crippen molar-refractivity contribution in [2.45, 2.75) is 18.3 Å². The molecule has 0 unspecified atom stereocenters. The van der Waals surface area contributed by atoms with Crippen molar-refractivity contribution in [2.75, 3.05) is 18.4 Å². The second-order valence-electron chi connectivity index (χ2n) is 6.80. The quantitative estimate of drug-likeness (QED) is 0.760. The van der Waals surface area contributed by atoms with Gasteiger partial charge in [-0.1, -0.05) is 11.6 Å². The summed E-state index contributed by atoms with van der Waals surface area (Å²) in [7, 11) is 0. The molecule has 2 aromatic carbocycles. The third-order valence-electron chi connectivity index (χ3n) is 5.06. The number of amidine groups is 1. The van der Waals surface area contributed by atoms with Gasteiger partial charge < -0.3 is 16.0 Å². The Morgan fingerprint density at radius 3 is 2.57 bits per heavy atom. The molecule has 2 atom stereocenters. The smallest absolute Gasteiger partial charge is 0.253 e. The van der Waals surface area contributed by atoms with E-state index in [4.69, 9.17) is 17.3 Å². The van der Waals surface area contributed by atoms with Gasteiger partial charge in [-0.05, 0) is 36.4 Å². The number of benzene rings is 2. The van der Waals surface area contributed by atoms with E-state index >= 15 is 4.39 Å². The summed E-state index contributed by atoms with van der Waals surface area (Å²) in [5.74, 6) is -2.11. The number of nitrogens with zero attached hydrogens (tertiary/aromatic N) is 2. The zero-order valence-electron chi connectivity index (χ0n) is 14.6. The molecule has 9 heteroatoms. The van der Waals surface area contributed by atoms with Crippen LogP contribution in [0.25, 0.3) is 0 Å². The van der Waals surface area contributed by atoms with Gasteiger partial charge in [0, 0.05) is 23.6 Å². The Morgan fingerprint density at radius 2 is 1.89 bits per heavy atom. The zero-order chi connectivity index (χ0) is 20.1. The number of alkyl halides is 1. The minimum atomic E-state index is -1.67. The van der Waals surface area contributed by atoms with Crippen LogP contribution in [-0.4, -0.2) is 41.6 Å². The number of anilines is 1. The molecule has 2 aromatic rings. The van der Waals surface area contributed by atoms with Crippen molar-refractivity contribution >= 4 is 29.0 Å². The predicted molar refractivity (Wildman–Crippen MR) is 100 cm³/mol. The third kappa shape index (κ3) is 2.97. The molecule has 2 aliphatic rings. The number of aliphatic imine (C=N–C) groups is 1. The van der Waals surface area contributed by atoms with Crippen molar-refractivity contribution in [3.63, 3.8) is 0 Å². The maximum absolute atomic E-state index is 15.2. The summed E-state index contributed by atoms with van der Waals surface area (Å²) in [6.07, 6.45) is -1.63. The summed E-state index contributed by atoms with van der Waals surface area (Å²) in [5.41, 5.74) is 4.23. The molecule has 2 heterocycles. The lowest BCUT2D eigenvalue weighted by Gasteiger charge is -2.44. The number of halogens is 4. The van der Waals surface area contributed by atoms with Gasteiger partial charge in [-0.3, -0.25) is 4.79 Å². The van der Waals surface area contributed by atoms with E-state index in [1.165, 1.54) is 4.90 Å². The highest BCUT2D eigenvalue weighted by atomic mass is 35.5. The Morgan fingerprint density at radius 1 is 1.21 bits per heavy atom. The molecule has 146 valence electrons. The Labute approximate surface area is 164 Å². The highest BCUT2D eigenvalue weighted by molar-refractivity contribution is 6.30. The first-order chi connectivity index (χ1) is 13.3. The number of fused-ring (bicyclic) bond motifs is 1. The van der Waals surface area contributed by atoms with Gasteiger partial charge in [-0.25, -0.2) is 18.2 Å². The van der Waals surface area contributed by atoms with Gasteiger partial charge >= 0.3 is 0 Å². The number of hydrogen-bond acceptors (Lipinski definition) is 4. The average Bonchev–Trinajstić information content (AvgIpc) is 2.67. The second kappa shape index (κ2) is 6.70. The second-order valence-corrected chi connectivity index (χ2v) is 7.24. The van der Waals surface area contributed by atoms with Crippen LogP contribution < -0.4 is 11.1 Å². The molecule has 0 aliphatic carbocycles. The lowest BCUT2D eigenvalue weighted by Crippen LogP contribution is -2.60. The van der Waals surface area contributed by atoms with Crippen LogP contribution in [0.15, 0.2) is 41.4 Å². The Balaban J connectivity index is 1.59. The molecule has 4 rings (SSSR count). The highest BCUT2D eigenvalue weighted by Gasteiger charge is 2.48. The van der Waals surface area contributed by atoms with Crippen LogP contribution in [0.5, 0.6) is 0 Å². The minimum absolute atomic E-state index is 0.0452. The standard InChI is InChI=1S/C19H16ClF3N4O/c20-11-3-1-10(2-4-11)18(28)27-8-7-19(14(23)9-27)25-16-13(22)6-5-12(21)15(16)17(24)26-19/h1-6,14,25H,7-9H2,(H2,24,26)/t14-,19-/m0/s1. The monoisotopic (exact) mass is 408 g/mol. The molecule has 1 spiro atoms. The Hall–Kier alpha value is -2.74. The number of amides is 1. The topological polar surface area (TPSA) is 70.7 Å². The molecule has 28 heavy (non-hydrogen) atoms. The molecular formula is C19H16ClF3N4O. The number of rotatable bonds is 1. The number of nitrogens with one attached hydrogen (secondary N) is 1. The molecule has 1 amide bonds. The van der Waals surface area contributed by atoms with Crippen molar-refractivity contribution in [1.82, 2.24) is 4.90 Å². The summed E-state index contributed by atoms with van der Waals surface area (Å²) in [5, 5.41) is 3.18. The normalized spacial score (nSPS) is 23.8. The number of likely N-dealkylation sites (tertiary alicyclic amines) is 1. The van der Waals surface area contributed by atoms with Crippen molar-refractivity contribution in [3.8, 4) is 0 Å². The molecule has 0 bridgehead atoms. The minimum Gasteiger partial charge on any atom is -0.383 e. The van der Waals surface area contributed by atoms with E-state index in [-0.39, 0.29) is 42.5 Å². The fraction of sp³-hybridized carbons (Fsp3) is 0.263. The predicted octanol–water partition coefficient (Wildman–Crippen LogP) is 3.33. The molecule has 2 aliphatic heterocycles. The molecule has 0 radical (unpaired) electrons. The molecule has 3 N–H and O–H groups in total. The van der Waals surface area contributed by atoms with Crippen LogP contribution in [0.4, 0.5) is 18.9 Å². The van der Waals surface area contributed by atoms with Gasteiger partial charge in [0.1, 0.15) is 17.5 Å². The molecule has 0 saturated carbocycles. The number of carbonyl (C=O) groups is 1. The van der Waals surface area contributed by atoms with E-state index in [9.17, 15) is 13.6 Å². The van der Waals surface area contributed by atoms with E-state index in [0.717, 1.165) is 12.1 Å². The van der Waals surface area contributed by atoms with Crippen molar-refractivity contribution in [3.05, 3.63) is 64.2 Å². The lowest BCUT2D eigenvalue weighted by atomic mass is 9.91. The molecule has 0 aromatic heterocycles. The van der Waals surface area contributed by atoms with E-state index in [0.29, 0.717) is 10.6 Å². The fourth-order valence-corrected chi connectivity index (χ4v) is 3.69. The Bertz CT molecular complexity index is 982. The highest BCUT2D eigenvalue weighted by Crippen LogP contribution is 2.38. The van der Waals surface area contributed by atoms with Crippen molar-refractivity contribution < 1.29 is 18.0 Å². The maximum Gasteiger partial charge on any atom is 0.253 e. The Kier molecular flexibility index (Phi) is 4.45. The largest absolute Gasteiger partial charge is 0.383 e. The molecule has 1 fully saturated rings. The van der Waals surface area contributed by atoms with E-state index in [1.54, 1.807) is 24.3 Å². The van der Waals surface area contributed by atoms with Gasteiger partial charge in [0.05, 0.1) is 17.8 Å². The van der Waals surface area contributed by atoms with Gasteiger partial charge in [0.25, 0.3) is 5.91 Å². The van der Waals surface area contributed by atoms with E-state index in [2.05, 4.69) is 10.3 Å². The van der Waals surface area contributed by atoms with Crippen LogP contribution in [0, 0.1) is 11.6 Å². The summed E-state index contributed by atoms with van der Waals surface area (Å²) in [6.45, 7) is -0.102. The molecule has 1 saturated heterocycles. The first kappa shape index (κ1) is 18.6. The summed E-state index contributed by atoms with van der Waals surface area (Å²) in [4.78, 5) is 18.1. The number of carbonyl (C=O) groups excluding carboxylic acids is 1. The third-order valence-corrected chi connectivity index (χ3v) is 5.31. The molecular weight excluding hydrogens is 393 g/mol. The van der Waals surface area contributed by atoms with Crippen LogP contribution >= 0.6 is 11.6 Å². The van der Waals surface area contributed by atoms with E-state index in [1.807, 2.05) is 0 Å². The fourth-order valence-electron chi connectivity index (χ4n) is 3.56. The van der Waals surface area contributed by atoms with Gasteiger partial charge in [0.2, 0.25) is 0 Å². The number of hydrogen-bond donors (Lipinski definition) is 2. The zero-order valence-corrected chi connectivity index (χ0v) is 15.3. The first-order valence-corrected chi connectivity index (χ1v) is 8.99. The first-order valence-electron chi connectivity index (χ1n) is 8.61. The lowest BCUT2D eigenvalue weighted by molar-refractivity contribution is 0.0494. The van der Waals surface area contributed by atoms with Crippen LogP contribution in [-0.2, 0) is 0 Å². The number of nitrogens with two attached hydrogens (primary N) is 1. The average molecular weight is 409 g/mol. The summed E-state index contributed by atoms with van der Waals surface area (Å²) >= 11 is 5.82. The van der Waals surface area contributed by atoms with Crippen LogP contribution in [0.1, 0.15) is 22.3 Å². The van der Waals surface area contributed by atoms with Gasteiger partial charge in [-0.2, -0.15) is 0 Å². The van der Waals surface area contributed by atoms with Crippen molar-refractivity contribution in [2.24, 2.45) is 10.7 Å². The summed E-state index contributed by atoms with van der Waals surface area (Å²) < 4.78 is 43.4. The van der Waals surface area contributed by atoms with Crippen LogP contribution in [0.3, 0.4) is 0 Å². The van der Waals surface area contributed by atoms with Crippen molar-refractivity contribution in [1.29, 1.82) is 0 Å². The van der Waals surface area contributed by atoms with Gasteiger partial charge in [-0.15, -0.1) is 0 Å². The molecule has 5 nitrogen and oxygen atoms in total. The number of piperidine rings is 1. The SMILES string of the molecule is NC1=N[C@]2(CCN(C(=O)c3ccc(Cl)cc3)C[C@@H]2F)Nc2c(F)ccc(F)c21. The van der Waals surface area contributed by atoms with E-state index < -0.39 is 23.5 Å². The van der Waals surface area contributed by atoms with Gasteiger partial charge in [0.15, 0.2) is 11.8 Å². The van der Waals surface area contributed by atoms with Crippen LogP contribution in [0.2, 0.25) is 5.02 Å². The maximum atomic E-state index is 15.2. The summed E-state index contributed by atoms with van der Waals surface area (Å²) in [6, 6.07) is 8.16.